The fourth-order valence-corrected chi connectivity index (χ4v) is 0. The van der Waals surface area contributed by atoms with Crippen LogP contribution >= 0.6 is 0 Å². The monoisotopic (exact) mass is 361 g/mol. The maximum absolute atomic E-state index is 8.73. The van der Waals surface area contributed by atoms with Crippen molar-refractivity contribution in [3.8, 4) is 0 Å². The molecule has 0 aliphatic rings. The number of rotatable bonds is 0. The van der Waals surface area contributed by atoms with Gasteiger partial charge in [-0.15, -0.1) is 0 Å². The van der Waals surface area contributed by atoms with E-state index in [1.807, 2.05) is 0 Å². The predicted octanol–water partition coefficient (Wildman–Crippen LogP) is -7.36. The third-order valence-corrected chi connectivity index (χ3v) is 0. The predicted molar refractivity (Wildman–Crippen MR) is 12.6 cm³/mol. The van der Waals surface area contributed by atoms with E-state index in [-0.39, 0.29) is 22.4 Å². The zero-order valence-corrected chi connectivity index (χ0v) is 7.66. The van der Waals surface area contributed by atoms with E-state index in [2.05, 4.69) is 0 Å². The first-order valence-corrected chi connectivity index (χ1v) is 4.79. The topological polar surface area (TPSA) is 156 Å². The average molecular weight is 362 g/mol. The average Bonchev–Trinajstić information content (AvgIpc) is 1.19. The van der Waals surface area contributed by atoms with E-state index < -0.39 is 25.2 Å². The second kappa shape index (κ2) is 7.62. The third-order valence-electron chi connectivity index (χ3n) is 0. The smallest absolute Gasteiger partial charge is 0.356 e. The molecule has 0 saturated carbocycles. The molecule has 0 fully saturated rings. The van der Waals surface area contributed by atoms with Gasteiger partial charge in [0.2, 0.25) is 0 Å². The Hall–Kier alpha value is 0.510. The quantitative estimate of drug-likeness (QED) is 0.194. The fraction of sp³-hybridized carbons (Fsp3) is 0. The fourth-order valence-electron chi connectivity index (χ4n) is 0. The van der Waals surface area contributed by atoms with Crippen molar-refractivity contribution in [2.24, 2.45) is 0 Å². The number of halogens is 1. The Kier molecular flexibility index (Phi) is 12.8. The van der Waals surface area contributed by atoms with Gasteiger partial charge in [-0.25, -0.2) is 0 Å². The summed E-state index contributed by atoms with van der Waals surface area (Å²) in [6, 6.07) is 0. The summed E-state index contributed by atoms with van der Waals surface area (Å²) < 4.78 is 33.2. The van der Waals surface area contributed by atoms with E-state index in [1.165, 1.54) is 0 Å². The van der Waals surface area contributed by atoms with E-state index in [0.29, 0.717) is 0 Å². The first kappa shape index (κ1) is 16.9. The van der Waals surface area contributed by atoms with Crippen LogP contribution in [0.25, 0.3) is 0 Å². The summed E-state index contributed by atoms with van der Waals surface area (Å²) in [5.41, 5.74) is 0. The maximum atomic E-state index is 8.73. The van der Waals surface area contributed by atoms with Crippen LogP contribution in [0.2, 0.25) is 0 Å². The van der Waals surface area contributed by atoms with E-state index >= 15 is 0 Å². The molecule has 10 heavy (non-hydrogen) atoms. The molecule has 0 amide bonds. The van der Waals surface area contributed by atoms with E-state index in [9.17, 15) is 0 Å². The van der Waals surface area contributed by atoms with E-state index in [4.69, 9.17) is 29.1 Å². The van der Waals surface area contributed by atoms with E-state index in [1.54, 1.807) is 0 Å². The molecule has 0 aromatic rings. The normalized spacial score (nSPS) is 8.40. The Morgan fingerprint density at radius 3 is 1.20 bits per heavy atom. The van der Waals surface area contributed by atoms with Crippen molar-refractivity contribution < 1.29 is 61.3 Å². The van der Waals surface area contributed by atoms with Crippen LogP contribution in [0.1, 0.15) is 0 Å². The minimum absolute atomic E-state index is 0. The number of hydrogen-bond acceptors (Lipinski definition) is 7. The van der Waals surface area contributed by atoms with E-state index in [0.717, 1.165) is 0 Å². The van der Waals surface area contributed by atoms with Crippen molar-refractivity contribution >= 4 is 0 Å². The molecule has 0 atom stereocenters. The molecule has 10 heteroatoms. The van der Waals surface area contributed by atoms with Crippen LogP contribution in [0.5, 0.6) is 0 Å². The first-order chi connectivity index (χ1) is 3.73. The van der Waals surface area contributed by atoms with Crippen LogP contribution in [0, 0.1) is 15.3 Å². The second-order valence-corrected chi connectivity index (χ2v) is 2.88. The molecule has 0 aromatic heterocycles. The van der Waals surface area contributed by atoms with Gasteiger partial charge in [-0.1, -0.05) is 0 Å². The van der Waals surface area contributed by atoms with Crippen LogP contribution < -0.4 is 30.4 Å². The Morgan fingerprint density at radius 2 is 1.20 bits per heavy atom. The van der Waals surface area contributed by atoms with Crippen LogP contribution in [0.3, 0.4) is 0 Å². The number of nitrogens with zero attached hydrogens (tertiary/aromatic N) is 1. The van der Waals surface area contributed by atoms with Gasteiger partial charge in [0, 0.05) is 3.44 Å². The summed E-state index contributed by atoms with van der Waals surface area (Å²) in [6.45, 7) is 0. The van der Waals surface area contributed by atoms with Crippen molar-refractivity contribution in [2.45, 2.75) is 0 Å². The largest absolute Gasteiger partial charge is 1.00 e. The Bertz CT molecular complexity index is 76.1. The molecule has 0 unspecified atom stereocenters. The van der Waals surface area contributed by atoms with Gasteiger partial charge in [0.15, 0.2) is 0 Å². The van der Waals surface area contributed by atoms with Crippen molar-refractivity contribution in [2.75, 3.05) is 0 Å². The zero-order chi connectivity index (χ0) is 8.08. The Labute approximate surface area is 76.4 Å². The van der Waals surface area contributed by atoms with Crippen molar-refractivity contribution in [1.82, 2.24) is 0 Å². The summed E-state index contributed by atoms with van der Waals surface area (Å²) in [5, 5.41) is 14.8. The maximum Gasteiger partial charge on any atom is 1.00 e. The molecule has 8 nitrogen and oxygen atoms in total. The minimum atomic E-state index is -5.69. The molecule has 0 aliphatic heterocycles. The van der Waals surface area contributed by atoms with Gasteiger partial charge in [0.1, 0.15) is 0 Å². The molecule has 0 spiro atoms. The third kappa shape index (κ3) is 1840. The Balaban J connectivity index is -0.0000000910. The minimum Gasteiger partial charge on any atom is -0.356 e. The summed E-state index contributed by atoms with van der Waals surface area (Å²) >= 11 is -5.69. The first-order valence-electron chi connectivity index (χ1n) is 1.18. The van der Waals surface area contributed by atoms with Crippen molar-refractivity contribution in [3.05, 3.63) is 15.3 Å². The number of hydrogen-bond donors (Lipinski definition) is 1. The molecular weight excluding hydrogens is 361 g/mol. The molecule has 0 aromatic carbocycles. The second-order valence-electron chi connectivity index (χ2n) is 0.620. The molecule has 0 rings (SSSR count). The van der Waals surface area contributed by atoms with Gasteiger partial charge in [-0.2, -0.15) is 0 Å². The summed E-state index contributed by atoms with van der Waals surface area (Å²) in [4.78, 5) is 8.25. The molecule has 0 aliphatic carbocycles. The molecule has 0 saturated heterocycles. The van der Waals surface area contributed by atoms with Crippen molar-refractivity contribution in [3.63, 3.8) is 0 Å². The molecular formula is HAgINO7. The summed E-state index contributed by atoms with van der Waals surface area (Å²) in [6.07, 6.45) is 0. The van der Waals surface area contributed by atoms with Gasteiger partial charge in [0.25, 0.3) is 0 Å². The molecule has 1 N–H and O–H groups in total. The van der Waals surface area contributed by atoms with Crippen LogP contribution in [0.4, 0.5) is 0 Å². The summed E-state index contributed by atoms with van der Waals surface area (Å²) in [5.74, 6) is 0. The molecule has 0 bridgehead atoms. The summed E-state index contributed by atoms with van der Waals surface area (Å²) in [7, 11) is 0. The van der Waals surface area contributed by atoms with Gasteiger partial charge in [0.05, 0.1) is 5.09 Å². The van der Waals surface area contributed by atoms with Gasteiger partial charge in [-0.05, 0) is 0 Å². The van der Waals surface area contributed by atoms with Crippen LogP contribution in [-0.4, -0.2) is 8.52 Å². The molecule has 0 radical (unpaired) electrons. The van der Waals surface area contributed by atoms with Gasteiger partial charge in [-0.3, -0.25) is 10.3 Å². The van der Waals surface area contributed by atoms with Crippen molar-refractivity contribution in [1.29, 1.82) is 0 Å². The Morgan fingerprint density at radius 1 is 1.20 bits per heavy atom. The van der Waals surface area contributed by atoms with Gasteiger partial charge < -0.3 is 15.3 Å². The van der Waals surface area contributed by atoms with Crippen LogP contribution in [-0.2, 0) is 22.4 Å². The zero-order valence-electron chi connectivity index (χ0n) is 4.02. The standard InChI is InChI=1S/Ag.HIO4.NO3/c;2-1(3,4)5;2-1(3)4/h;2H;/q+1;;-1. The van der Waals surface area contributed by atoms with Gasteiger partial charge >= 0.3 is 42.5 Å². The van der Waals surface area contributed by atoms with Crippen LogP contribution in [0.15, 0.2) is 0 Å². The molecule has 0 heterocycles. The SMILES string of the molecule is O=[N+]([O-])[O-].[Ag+].[O-][I+3]([O-])([O-])O. The molecule has 66 valence electrons.